The van der Waals surface area contributed by atoms with Crippen LogP contribution in [0.5, 0.6) is 0 Å². The van der Waals surface area contributed by atoms with Gasteiger partial charge in [0, 0.05) is 15.9 Å². The van der Waals surface area contributed by atoms with Gasteiger partial charge >= 0.3 is 0 Å². The van der Waals surface area contributed by atoms with E-state index in [0.29, 0.717) is 0 Å². The van der Waals surface area contributed by atoms with E-state index in [1.807, 2.05) is 0 Å². The molecule has 0 bridgehead atoms. The Bertz CT molecular complexity index is 334. The molecule has 82 valence electrons. The first-order valence-corrected chi connectivity index (χ1v) is 7.20. The average molecular weight is 351 g/mol. The summed E-state index contributed by atoms with van der Waals surface area (Å²) in [6.45, 7) is 2.98. The normalized spacial score (nSPS) is 12.4. The fraction of sp³-hybridized carbons (Fsp3) is 0.455. The minimum absolute atomic E-state index is 0.189. The van der Waals surface area contributed by atoms with Crippen LogP contribution < -0.4 is 5.32 Å². The molecule has 4 heteroatoms. The van der Waals surface area contributed by atoms with Crippen LogP contribution >= 0.6 is 43.2 Å². The molecule has 1 aromatic heterocycles. The molecule has 1 N–H and O–H groups in total. The molecule has 0 spiro atoms. The van der Waals surface area contributed by atoms with E-state index in [9.17, 15) is 0 Å². The first-order chi connectivity index (χ1) is 7.17. The standard InChI is InChI=1S/C11H13Br2NS/c1-3-5-8(4-2)14-7-9-6-10(12)11(13)15-9/h2,6,8,14H,3,5,7H2,1H3. The molecule has 15 heavy (non-hydrogen) atoms. The zero-order valence-electron chi connectivity index (χ0n) is 8.52. The number of hydrogen-bond donors (Lipinski definition) is 1. The van der Waals surface area contributed by atoms with Gasteiger partial charge in [0.25, 0.3) is 0 Å². The molecule has 1 heterocycles. The number of nitrogens with one attached hydrogen (secondary N) is 1. The molecule has 1 unspecified atom stereocenters. The fourth-order valence-electron chi connectivity index (χ4n) is 1.24. The number of terminal acetylenes is 1. The van der Waals surface area contributed by atoms with Crippen molar-refractivity contribution in [3.05, 3.63) is 19.2 Å². The zero-order valence-corrected chi connectivity index (χ0v) is 12.5. The molecule has 0 aliphatic heterocycles. The topological polar surface area (TPSA) is 12.0 Å². The van der Waals surface area contributed by atoms with E-state index < -0.39 is 0 Å². The van der Waals surface area contributed by atoms with Crippen LogP contribution in [-0.2, 0) is 6.54 Å². The Morgan fingerprint density at radius 3 is 2.80 bits per heavy atom. The molecule has 1 nitrogen and oxygen atoms in total. The van der Waals surface area contributed by atoms with Crippen molar-refractivity contribution < 1.29 is 0 Å². The lowest BCUT2D eigenvalue weighted by Crippen LogP contribution is -2.26. The molecule has 0 saturated carbocycles. The Morgan fingerprint density at radius 1 is 1.60 bits per heavy atom. The van der Waals surface area contributed by atoms with Crippen LogP contribution in [0.1, 0.15) is 24.6 Å². The molecule has 1 rings (SSSR count). The monoisotopic (exact) mass is 349 g/mol. The number of thiophene rings is 1. The van der Waals surface area contributed by atoms with Crippen molar-refractivity contribution in [2.45, 2.75) is 32.4 Å². The van der Waals surface area contributed by atoms with Crippen molar-refractivity contribution in [3.63, 3.8) is 0 Å². The third-order valence-electron chi connectivity index (χ3n) is 2.00. The van der Waals surface area contributed by atoms with Gasteiger partial charge in [0.15, 0.2) is 0 Å². The summed E-state index contributed by atoms with van der Waals surface area (Å²) in [6, 6.07) is 2.30. The van der Waals surface area contributed by atoms with Gasteiger partial charge in [0.2, 0.25) is 0 Å². The van der Waals surface area contributed by atoms with E-state index in [1.165, 1.54) is 4.88 Å². The molecule has 0 amide bonds. The summed E-state index contributed by atoms with van der Waals surface area (Å²) in [5, 5.41) is 3.36. The lowest BCUT2D eigenvalue weighted by atomic mass is 10.2. The second-order valence-corrected chi connectivity index (χ2v) is 6.53. The highest BCUT2D eigenvalue weighted by molar-refractivity contribution is 9.13. The third kappa shape index (κ3) is 4.28. The quantitative estimate of drug-likeness (QED) is 0.786. The van der Waals surface area contributed by atoms with E-state index in [2.05, 4.69) is 56.1 Å². The van der Waals surface area contributed by atoms with Gasteiger partial charge in [-0.2, -0.15) is 0 Å². The molecule has 1 aromatic rings. The Morgan fingerprint density at radius 2 is 2.33 bits per heavy atom. The number of hydrogen-bond acceptors (Lipinski definition) is 2. The minimum atomic E-state index is 0.189. The molecular weight excluding hydrogens is 338 g/mol. The summed E-state index contributed by atoms with van der Waals surface area (Å²) < 4.78 is 2.24. The summed E-state index contributed by atoms with van der Waals surface area (Å²) >= 11 is 8.66. The van der Waals surface area contributed by atoms with E-state index in [1.54, 1.807) is 11.3 Å². The van der Waals surface area contributed by atoms with Gasteiger partial charge < -0.3 is 0 Å². The predicted octanol–water partition coefficient (Wildman–Crippen LogP) is 4.16. The molecular formula is C11H13Br2NS. The smallest absolute Gasteiger partial charge is 0.0843 e. The number of halogens is 2. The average Bonchev–Trinajstić information content (AvgIpc) is 2.53. The summed E-state index contributed by atoms with van der Waals surface area (Å²) in [5.74, 6) is 2.76. The van der Waals surface area contributed by atoms with Crippen molar-refractivity contribution >= 4 is 43.2 Å². The van der Waals surface area contributed by atoms with Gasteiger partial charge in [-0.05, 0) is 44.3 Å². The molecule has 0 aromatic carbocycles. The van der Waals surface area contributed by atoms with Crippen LogP contribution in [0, 0.1) is 12.3 Å². The highest BCUT2D eigenvalue weighted by atomic mass is 79.9. The minimum Gasteiger partial charge on any atom is -0.299 e. The Balaban J connectivity index is 2.46. The predicted molar refractivity (Wildman–Crippen MR) is 74.1 cm³/mol. The number of rotatable bonds is 5. The van der Waals surface area contributed by atoms with Gasteiger partial charge in [-0.25, -0.2) is 0 Å². The SMILES string of the molecule is C#CC(CCC)NCc1cc(Br)c(Br)s1. The Kier molecular flexibility index (Phi) is 5.91. The Labute approximate surface area is 112 Å². The first-order valence-electron chi connectivity index (χ1n) is 4.80. The van der Waals surface area contributed by atoms with Gasteiger partial charge in [0.05, 0.1) is 9.83 Å². The molecule has 1 atom stereocenters. The maximum atomic E-state index is 5.43. The van der Waals surface area contributed by atoms with E-state index in [-0.39, 0.29) is 6.04 Å². The van der Waals surface area contributed by atoms with Gasteiger partial charge in [0.1, 0.15) is 0 Å². The van der Waals surface area contributed by atoms with Crippen molar-refractivity contribution in [1.29, 1.82) is 0 Å². The molecule has 0 aliphatic carbocycles. The summed E-state index contributed by atoms with van der Waals surface area (Å²) in [5.41, 5.74) is 0. The Hall–Kier alpha value is 0.180. The molecule has 0 aliphatic rings. The van der Waals surface area contributed by atoms with E-state index >= 15 is 0 Å². The van der Waals surface area contributed by atoms with Crippen molar-refractivity contribution in [2.24, 2.45) is 0 Å². The summed E-state index contributed by atoms with van der Waals surface area (Å²) in [7, 11) is 0. The van der Waals surface area contributed by atoms with E-state index in [0.717, 1.165) is 27.6 Å². The third-order valence-corrected chi connectivity index (χ3v) is 5.25. The van der Waals surface area contributed by atoms with Crippen LogP contribution in [0.4, 0.5) is 0 Å². The van der Waals surface area contributed by atoms with Crippen LogP contribution in [0.15, 0.2) is 14.3 Å². The van der Waals surface area contributed by atoms with Gasteiger partial charge in [-0.15, -0.1) is 17.8 Å². The van der Waals surface area contributed by atoms with Gasteiger partial charge in [-0.3, -0.25) is 5.32 Å². The van der Waals surface area contributed by atoms with Crippen molar-refractivity contribution in [1.82, 2.24) is 5.32 Å². The van der Waals surface area contributed by atoms with Crippen molar-refractivity contribution in [3.8, 4) is 12.3 Å². The lowest BCUT2D eigenvalue weighted by Gasteiger charge is -2.10. The van der Waals surface area contributed by atoms with Crippen LogP contribution in [-0.4, -0.2) is 6.04 Å². The molecule has 0 saturated heterocycles. The fourth-order valence-corrected chi connectivity index (χ4v) is 3.36. The van der Waals surface area contributed by atoms with E-state index in [4.69, 9.17) is 6.42 Å². The molecule has 0 radical (unpaired) electrons. The van der Waals surface area contributed by atoms with Crippen LogP contribution in [0.25, 0.3) is 0 Å². The maximum absolute atomic E-state index is 5.43. The van der Waals surface area contributed by atoms with Crippen LogP contribution in [0.2, 0.25) is 0 Å². The van der Waals surface area contributed by atoms with Crippen LogP contribution in [0.3, 0.4) is 0 Å². The zero-order chi connectivity index (χ0) is 11.3. The summed E-state index contributed by atoms with van der Waals surface area (Å²) in [6.07, 6.45) is 7.57. The second-order valence-electron chi connectivity index (χ2n) is 3.22. The highest BCUT2D eigenvalue weighted by Crippen LogP contribution is 2.32. The van der Waals surface area contributed by atoms with Crippen molar-refractivity contribution in [2.75, 3.05) is 0 Å². The molecule has 0 fully saturated rings. The second kappa shape index (κ2) is 6.70. The highest BCUT2D eigenvalue weighted by Gasteiger charge is 2.06. The largest absolute Gasteiger partial charge is 0.299 e. The maximum Gasteiger partial charge on any atom is 0.0843 e. The first kappa shape index (κ1) is 13.2. The van der Waals surface area contributed by atoms with Gasteiger partial charge in [-0.1, -0.05) is 19.3 Å². The summed E-state index contributed by atoms with van der Waals surface area (Å²) in [4.78, 5) is 1.28. The lowest BCUT2D eigenvalue weighted by molar-refractivity contribution is 0.566.